The fourth-order valence-corrected chi connectivity index (χ4v) is 3.39. The van der Waals surface area contributed by atoms with Gasteiger partial charge in [0.05, 0.1) is 17.9 Å². The summed E-state index contributed by atoms with van der Waals surface area (Å²) in [6.45, 7) is 0.665. The molecule has 27 heavy (non-hydrogen) atoms. The number of amides is 1. The standard InChI is InChI=1S/C18H12F3N3O2S/c19-18(20,21)15-4-2-12(8-22-15)16(25)24-17-23-13(9-27-17)10-1-3-14-11(7-10)5-6-26-14/h1-4,7-9H,5-6H2,(H,23,24,25). The molecule has 0 aliphatic carbocycles. The van der Waals surface area contributed by atoms with Crippen LogP contribution in [-0.4, -0.2) is 22.5 Å². The molecule has 1 amide bonds. The summed E-state index contributed by atoms with van der Waals surface area (Å²) in [5.74, 6) is 0.303. The maximum absolute atomic E-state index is 12.5. The van der Waals surface area contributed by atoms with Gasteiger partial charge in [-0.25, -0.2) is 4.98 Å². The van der Waals surface area contributed by atoms with Gasteiger partial charge >= 0.3 is 6.18 Å². The number of pyridine rings is 1. The van der Waals surface area contributed by atoms with E-state index >= 15 is 0 Å². The number of thiazole rings is 1. The molecule has 1 aliphatic heterocycles. The molecule has 0 fully saturated rings. The van der Waals surface area contributed by atoms with Gasteiger partial charge in [-0.3, -0.25) is 15.1 Å². The maximum Gasteiger partial charge on any atom is 0.433 e. The summed E-state index contributed by atoms with van der Waals surface area (Å²) in [4.78, 5) is 19.8. The minimum absolute atomic E-state index is 0.0226. The molecule has 0 saturated heterocycles. The van der Waals surface area contributed by atoms with Crippen molar-refractivity contribution in [1.82, 2.24) is 9.97 Å². The molecule has 0 radical (unpaired) electrons. The lowest BCUT2D eigenvalue weighted by molar-refractivity contribution is -0.141. The summed E-state index contributed by atoms with van der Waals surface area (Å²) in [5, 5.41) is 4.74. The minimum Gasteiger partial charge on any atom is -0.493 e. The van der Waals surface area contributed by atoms with Crippen LogP contribution in [0.15, 0.2) is 41.9 Å². The molecule has 3 heterocycles. The number of ether oxygens (including phenoxy) is 1. The van der Waals surface area contributed by atoms with Gasteiger partial charge in [0.2, 0.25) is 0 Å². The first kappa shape index (κ1) is 17.5. The van der Waals surface area contributed by atoms with Gasteiger partial charge in [0, 0.05) is 23.6 Å². The van der Waals surface area contributed by atoms with Gasteiger partial charge in [-0.2, -0.15) is 13.2 Å². The Bertz CT molecular complexity index is 1000. The largest absolute Gasteiger partial charge is 0.493 e. The summed E-state index contributed by atoms with van der Waals surface area (Å²) in [7, 11) is 0. The highest BCUT2D eigenvalue weighted by Gasteiger charge is 2.32. The average Bonchev–Trinajstić information content (AvgIpc) is 3.29. The Morgan fingerprint density at radius 2 is 2.07 bits per heavy atom. The lowest BCUT2D eigenvalue weighted by Gasteiger charge is -2.06. The zero-order chi connectivity index (χ0) is 19.0. The summed E-state index contributed by atoms with van der Waals surface area (Å²) < 4.78 is 43.1. The second-order valence-electron chi connectivity index (χ2n) is 5.84. The SMILES string of the molecule is O=C(Nc1nc(-c2ccc3c(c2)CCO3)cs1)c1ccc(C(F)(F)F)nc1. The van der Waals surface area contributed by atoms with Gasteiger partial charge in [-0.05, 0) is 35.9 Å². The van der Waals surface area contributed by atoms with Crippen LogP contribution >= 0.6 is 11.3 Å². The maximum atomic E-state index is 12.5. The van der Waals surface area contributed by atoms with E-state index in [1.807, 2.05) is 18.2 Å². The van der Waals surface area contributed by atoms with Crippen molar-refractivity contribution in [2.75, 3.05) is 11.9 Å². The summed E-state index contributed by atoms with van der Waals surface area (Å²) in [5.41, 5.74) is 1.70. The molecule has 0 bridgehead atoms. The molecular formula is C18H12F3N3O2S. The van der Waals surface area contributed by atoms with Crippen LogP contribution in [0.4, 0.5) is 18.3 Å². The molecule has 2 aromatic heterocycles. The van der Waals surface area contributed by atoms with Crippen LogP contribution in [0.25, 0.3) is 11.3 Å². The number of carbonyl (C=O) groups is 1. The van der Waals surface area contributed by atoms with E-state index in [9.17, 15) is 18.0 Å². The van der Waals surface area contributed by atoms with Gasteiger partial charge < -0.3 is 4.74 Å². The smallest absolute Gasteiger partial charge is 0.433 e. The van der Waals surface area contributed by atoms with E-state index in [1.165, 1.54) is 11.3 Å². The van der Waals surface area contributed by atoms with Crippen molar-refractivity contribution in [3.05, 3.63) is 58.7 Å². The third-order valence-electron chi connectivity index (χ3n) is 4.03. The third kappa shape index (κ3) is 3.63. The Labute approximate surface area is 155 Å². The number of nitrogens with zero attached hydrogens (tertiary/aromatic N) is 2. The van der Waals surface area contributed by atoms with Gasteiger partial charge in [0.15, 0.2) is 5.13 Å². The van der Waals surface area contributed by atoms with Crippen LogP contribution in [0.5, 0.6) is 5.75 Å². The first-order valence-electron chi connectivity index (χ1n) is 7.96. The van der Waals surface area contributed by atoms with E-state index in [-0.39, 0.29) is 5.56 Å². The second-order valence-corrected chi connectivity index (χ2v) is 6.70. The van der Waals surface area contributed by atoms with Crippen LogP contribution in [0.1, 0.15) is 21.6 Å². The van der Waals surface area contributed by atoms with E-state index in [2.05, 4.69) is 15.3 Å². The molecule has 0 unspecified atom stereocenters. The molecule has 3 aromatic rings. The highest BCUT2D eigenvalue weighted by atomic mass is 32.1. The summed E-state index contributed by atoms with van der Waals surface area (Å²) in [6.07, 6.45) is -2.80. The molecule has 0 saturated carbocycles. The van der Waals surface area contributed by atoms with Crippen LogP contribution in [0, 0.1) is 0 Å². The molecule has 1 aliphatic rings. The molecular weight excluding hydrogens is 379 g/mol. The van der Waals surface area contributed by atoms with Gasteiger partial charge in [-0.15, -0.1) is 11.3 Å². The summed E-state index contributed by atoms with van der Waals surface area (Å²) >= 11 is 1.23. The quantitative estimate of drug-likeness (QED) is 0.718. The Balaban J connectivity index is 1.48. The number of halogens is 3. The third-order valence-corrected chi connectivity index (χ3v) is 4.78. The molecule has 5 nitrogen and oxygen atoms in total. The number of aromatic nitrogens is 2. The number of benzene rings is 1. The Morgan fingerprint density at radius 1 is 1.22 bits per heavy atom. The van der Waals surface area contributed by atoms with E-state index < -0.39 is 17.8 Å². The number of alkyl halides is 3. The lowest BCUT2D eigenvalue weighted by atomic mass is 10.1. The lowest BCUT2D eigenvalue weighted by Crippen LogP contribution is -2.14. The van der Waals surface area contributed by atoms with E-state index in [0.717, 1.165) is 41.6 Å². The van der Waals surface area contributed by atoms with Crippen LogP contribution in [0.2, 0.25) is 0 Å². The minimum atomic E-state index is -4.54. The normalized spacial score (nSPS) is 13.1. The Kier molecular flexibility index (Phi) is 4.31. The van der Waals surface area contributed by atoms with Crippen LogP contribution in [-0.2, 0) is 12.6 Å². The number of hydrogen-bond acceptors (Lipinski definition) is 5. The van der Waals surface area contributed by atoms with Crippen LogP contribution in [0.3, 0.4) is 0 Å². The van der Waals surface area contributed by atoms with Crippen molar-refractivity contribution in [2.24, 2.45) is 0 Å². The molecule has 1 N–H and O–H groups in total. The van der Waals surface area contributed by atoms with Gasteiger partial charge in [0.1, 0.15) is 11.4 Å². The molecule has 4 rings (SSSR count). The summed E-state index contributed by atoms with van der Waals surface area (Å²) in [6, 6.07) is 7.64. The van der Waals surface area contributed by atoms with E-state index in [1.54, 1.807) is 5.38 Å². The van der Waals surface area contributed by atoms with Crippen molar-refractivity contribution in [3.63, 3.8) is 0 Å². The predicted octanol–water partition coefficient (Wildman–Crippen LogP) is 4.41. The number of rotatable bonds is 3. The van der Waals surface area contributed by atoms with Crippen molar-refractivity contribution in [1.29, 1.82) is 0 Å². The Morgan fingerprint density at radius 3 is 2.81 bits per heavy atom. The average molecular weight is 391 g/mol. The molecule has 9 heteroatoms. The molecule has 1 aromatic carbocycles. The highest BCUT2D eigenvalue weighted by molar-refractivity contribution is 7.14. The zero-order valence-corrected chi connectivity index (χ0v) is 14.5. The second kappa shape index (κ2) is 6.66. The predicted molar refractivity (Wildman–Crippen MR) is 93.9 cm³/mol. The molecule has 0 spiro atoms. The topological polar surface area (TPSA) is 64.1 Å². The van der Waals surface area contributed by atoms with Crippen LogP contribution < -0.4 is 10.1 Å². The Hall–Kier alpha value is -2.94. The highest BCUT2D eigenvalue weighted by Crippen LogP contribution is 2.32. The van der Waals surface area contributed by atoms with Crippen molar-refractivity contribution in [3.8, 4) is 17.0 Å². The first-order chi connectivity index (χ1) is 12.9. The van der Waals surface area contributed by atoms with Gasteiger partial charge in [-0.1, -0.05) is 0 Å². The molecule has 0 atom stereocenters. The number of nitrogens with one attached hydrogen (secondary N) is 1. The zero-order valence-electron chi connectivity index (χ0n) is 13.7. The monoisotopic (exact) mass is 391 g/mol. The molecule has 138 valence electrons. The fraction of sp³-hybridized carbons (Fsp3) is 0.167. The fourth-order valence-electron chi connectivity index (χ4n) is 2.67. The number of carbonyl (C=O) groups excluding carboxylic acids is 1. The van der Waals surface area contributed by atoms with Crippen molar-refractivity contribution < 1.29 is 22.7 Å². The van der Waals surface area contributed by atoms with Gasteiger partial charge in [0.25, 0.3) is 5.91 Å². The van der Waals surface area contributed by atoms with Crippen molar-refractivity contribution in [2.45, 2.75) is 12.6 Å². The number of hydrogen-bond donors (Lipinski definition) is 1. The van der Waals surface area contributed by atoms with E-state index in [0.29, 0.717) is 17.4 Å². The first-order valence-corrected chi connectivity index (χ1v) is 8.84. The van der Waals surface area contributed by atoms with Crippen molar-refractivity contribution >= 4 is 22.4 Å². The number of fused-ring (bicyclic) bond motifs is 1. The number of anilines is 1. The van der Waals surface area contributed by atoms with E-state index in [4.69, 9.17) is 4.74 Å².